The molecular weight excluding hydrogens is 284 g/mol. The number of Topliss-reactive ketones (excluding diaryl/α,β-unsaturated/α-hetero) is 1. The summed E-state index contributed by atoms with van der Waals surface area (Å²) in [5.41, 5.74) is 0.0482. The topological polar surface area (TPSA) is 89.0 Å². The van der Waals surface area contributed by atoms with Gasteiger partial charge in [0.15, 0.2) is 16.6 Å². The van der Waals surface area contributed by atoms with Gasteiger partial charge in [-0.3, -0.25) is 4.79 Å². The largest absolute Gasteiger partial charge is 0.464 e. The lowest BCUT2D eigenvalue weighted by Gasteiger charge is -2.31. The Morgan fingerprint density at radius 1 is 1.60 bits per heavy atom. The lowest BCUT2D eigenvalue weighted by molar-refractivity contribution is 0.00355. The molecule has 1 N–H and O–H groups in total. The summed E-state index contributed by atoms with van der Waals surface area (Å²) in [6.45, 7) is 2.85. The lowest BCUT2D eigenvalue weighted by Crippen LogP contribution is -2.44. The number of carbonyl (C=O) groups excluding carboxylic acids is 2. The van der Waals surface area contributed by atoms with Gasteiger partial charge in [0.25, 0.3) is 0 Å². The molecule has 1 saturated heterocycles. The average Bonchev–Trinajstić information content (AvgIpc) is 2.92. The maximum Gasteiger partial charge on any atom is 0.358 e. The summed E-state index contributed by atoms with van der Waals surface area (Å²) < 4.78 is 10.00. The number of aliphatic hydroxyl groups excluding tert-OH is 1. The first kappa shape index (κ1) is 14.9. The van der Waals surface area contributed by atoms with Gasteiger partial charge in [-0.2, -0.15) is 0 Å². The third-order valence-corrected chi connectivity index (χ3v) is 4.14. The Labute approximate surface area is 120 Å². The van der Waals surface area contributed by atoms with Crippen LogP contribution in [0.15, 0.2) is 0 Å². The van der Waals surface area contributed by atoms with E-state index < -0.39 is 5.97 Å². The highest BCUT2D eigenvalue weighted by atomic mass is 32.1. The van der Waals surface area contributed by atoms with Gasteiger partial charge in [0, 0.05) is 20.0 Å². The number of hydrogen-bond acceptors (Lipinski definition) is 8. The van der Waals surface area contributed by atoms with Crippen LogP contribution in [0.3, 0.4) is 0 Å². The fraction of sp³-hybridized carbons (Fsp3) is 0.583. The minimum absolute atomic E-state index is 0.0482. The van der Waals surface area contributed by atoms with E-state index in [9.17, 15) is 9.59 Å². The zero-order valence-electron chi connectivity index (χ0n) is 11.3. The van der Waals surface area contributed by atoms with Gasteiger partial charge in [-0.25, -0.2) is 9.78 Å². The van der Waals surface area contributed by atoms with E-state index in [4.69, 9.17) is 9.84 Å². The van der Waals surface area contributed by atoms with Crippen molar-refractivity contribution >= 4 is 28.2 Å². The monoisotopic (exact) mass is 300 g/mol. The lowest BCUT2D eigenvalue weighted by atomic mass is 10.3. The van der Waals surface area contributed by atoms with Crippen molar-refractivity contribution in [2.75, 3.05) is 38.3 Å². The Morgan fingerprint density at radius 3 is 2.95 bits per heavy atom. The molecule has 20 heavy (non-hydrogen) atoms. The number of carbonyl (C=O) groups is 2. The highest BCUT2D eigenvalue weighted by Gasteiger charge is 2.27. The second-order valence-corrected chi connectivity index (χ2v) is 5.32. The zero-order chi connectivity index (χ0) is 14.7. The average molecular weight is 300 g/mol. The van der Waals surface area contributed by atoms with E-state index in [0.29, 0.717) is 29.7 Å². The summed E-state index contributed by atoms with van der Waals surface area (Å²) in [4.78, 5) is 29.6. The number of ether oxygens (including phenoxy) is 2. The number of nitrogens with zero attached hydrogens (tertiary/aromatic N) is 2. The second-order valence-electron chi connectivity index (χ2n) is 4.34. The molecule has 0 saturated carbocycles. The van der Waals surface area contributed by atoms with Crippen LogP contribution in [-0.4, -0.2) is 61.4 Å². The smallest absolute Gasteiger partial charge is 0.358 e. The standard InChI is InChI=1S/C12H16N2O5S/c1-7(16)10-9(11(17)18-2)13-12(20-10)14-3-4-19-8(5-14)6-15/h8,15H,3-6H2,1-2H3. The second kappa shape index (κ2) is 6.29. The fourth-order valence-electron chi connectivity index (χ4n) is 1.92. The van der Waals surface area contributed by atoms with Crippen LogP contribution < -0.4 is 4.90 Å². The van der Waals surface area contributed by atoms with Crippen molar-refractivity contribution < 1.29 is 24.2 Å². The minimum atomic E-state index is -0.621. The van der Waals surface area contributed by atoms with E-state index >= 15 is 0 Å². The van der Waals surface area contributed by atoms with Gasteiger partial charge < -0.3 is 19.5 Å². The van der Waals surface area contributed by atoms with Crippen LogP contribution in [0.4, 0.5) is 5.13 Å². The summed E-state index contributed by atoms with van der Waals surface area (Å²) in [5, 5.41) is 9.70. The van der Waals surface area contributed by atoms with Gasteiger partial charge in [-0.1, -0.05) is 11.3 Å². The molecule has 0 bridgehead atoms. The molecule has 1 aromatic rings. The summed E-state index contributed by atoms with van der Waals surface area (Å²) in [7, 11) is 1.25. The molecule has 1 atom stereocenters. The Morgan fingerprint density at radius 2 is 2.35 bits per heavy atom. The van der Waals surface area contributed by atoms with Gasteiger partial charge in [0.2, 0.25) is 0 Å². The SMILES string of the molecule is COC(=O)c1nc(N2CCOC(CO)C2)sc1C(C)=O. The molecule has 2 rings (SSSR count). The summed E-state index contributed by atoms with van der Waals surface area (Å²) in [6.07, 6.45) is -0.282. The van der Waals surface area contributed by atoms with Gasteiger partial charge in [-0.05, 0) is 0 Å². The van der Waals surface area contributed by atoms with Crippen molar-refractivity contribution in [1.29, 1.82) is 0 Å². The number of hydrogen-bond donors (Lipinski definition) is 1. The Hall–Kier alpha value is -1.51. The number of aliphatic hydroxyl groups is 1. The van der Waals surface area contributed by atoms with Crippen LogP contribution in [0.2, 0.25) is 0 Å². The zero-order valence-corrected chi connectivity index (χ0v) is 12.1. The minimum Gasteiger partial charge on any atom is -0.464 e. The molecule has 1 aromatic heterocycles. The van der Waals surface area contributed by atoms with Crippen molar-refractivity contribution in [2.24, 2.45) is 0 Å². The molecule has 1 fully saturated rings. The first-order valence-corrected chi connectivity index (χ1v) is 6.96. The maximum absolute atomic E-state index is 11.6. The molecule has 1 aliphatic rings. The van der Waals surface area contributed by atoms with Gasteiger partial charge >= 0.3 is 5.97 Å². The molecule has 1 aliphatic heterocycles. The number of esters is 1. The van der Waals surface area contributed by atoms with Crippen molar-refractivity contribution in [3.63, 3.8) is 0 Å². The third kappa shape index (κ3) is 2.97. The molecule has 0 amide bonds. The molecular formula is C12H16N2O5S. The van der Waals surface area contributed by atoms with Gasteiger partial charge in [0.05, 0.1) is 26.4 Å². The number of aromatic nitrogens is 1. The maximum atomic E-state index is 11.6. The predicted octanol–water partition coefficient (Wildman–Crippen LogP) is 0.330. The van der Waals surface area contributed by atoms with E-state index in [1.165, 1.54) is 14.0 Å². The third-order valence-electron chi connectivity index (χ3n) is 2.93. The fourth-order valence-corrected chi connectivity index (χ4v) is 2.91. The summed E-state index contributed by atoms with van der Waals surface area (Å²) in [5.74, 6) is -0.842. The Balaban J connectivity index is 2.28. The number of methoxy groups -OCH3 is 1. The van der Waals surface area contributed by atoms with E-state index in [1.54, 1.807) is 0 Å². The molecule has 0 aliphatic carbocycles. The molecule has 110 valence electrons. The highest BCUT2D eigenvalue weighted by molar-refractivity contribution is 7.17. The molecule has 1 unspecified atom stereocenters. The van der Waals surface area contributed by atoms with E-state index in [1.807, 2.05) is 4.90 Å². The van der Waals surface area contributed by atoms with Crippen molar-refractivity contribution in [3.05, 3.63) is 10.6 Å². The summed E-state index contributed by atoms with van der Waals surface area (Å²) in [6, 6.07) is 0. The van der Waals surface area contributed by atoms with Crippen LogP contribution in [0.1, 0.15) is 27.1 Å². The van der Waals surface area contributed by atoms with Crippen molar-refractivity contribution in [3.8, 4) is 0 Å². The van der Waals surface area contributed by atoms with Gasteiger partial charge in [0.1, 0.15) is 4.88 Å². The number of morpholine rings is 1. The number of ketones is 1. The first-order chi connectivity index (χ1) is 9.56. The number of rotatable bonds is 4. The number of thiazole rings is 1. The van der Waals surface area contributed by atoms with Crippen LogP contribution in [0.5, 0.6) is 0 Å². The van der Waals surface area contributed by atoms with Crippen LogP contribution in [-0.2, 0) is 9.47 Å². The Kier molecular flexibility index (Phi) is 4.69. The van der Waals surface area contributed by atoms with E-state index in [-0.39, 0.29) is 24.2 Å². The molecule has 2 heterocycles. The highest BCUT2D eigenvalue weighted by Crippen LogP contribution is 2.28. The van der Waals surface area contributed by atoms with Crippen molar-refractivity contribution in [1.82, 2.24) is 4.98 Å². The number of anilines is 1. The van der Waals surface area contributed by atoms with Crippen LogP contribution in [0.25, 0.3) is 0 Å². The van der Waals surface area contributed by atoms with E-state index in [2.05, 4.69) is 9.72 Å². The van der Waals surface area contributed by atoms with Gasteiger partial charge in [-0.15, -0.1) is 0 Å². The molecule has 7 nitrogen and oxygen atoms in total. The van der Waals surface area contributed by atoms with E-state index in [0.717, 1.165) is 11.3 Å². The quantitative estimate of drug-likeness (QED) is 0.633. The molecule has 0 spiro atoms. The predicted molar refractivity (Wildman–Crippen MR) is 72.5 cm³/mol. The molecule has 8 heteroatoms. The first-order valence-electron chi connectivity index (χ1n) is 6.14. The molecule has 0 aromatic carbocycles. The van der Waals surface area contributed by atoms with Crippen molar-refractivity contribution in [2.45, 2.75) is 13.0 Å². The summed E-state index contributed by atoms with van der Waals surface area (Å²) >= 11 is 1.16. The van der Waals surface area contributed by atoms with Crippen LogP contribution in [0, 0.1) is 0 Å². The molecule has 0 radical (unpaired) electrons. The van der Waals surface area contributed by atoms with Crippen LogP contribution >= 0.6 is 11.3 Å². The Bertz CT molecular complexity index is 516. The normalized spacial score (nSPS) is 18.9.